The van der Waals surface area contributed by atoms with Crippen molar-refractivity contribution in [1.82, 2.24) is 14.8 Å². The summed E-state index contributed by atoms with van der Waals surface area (Å²) in [6.07, 6.45) is 6.50. The SMILES string of the molecule is CCOC(=O)C(C)(C)c1nncn1C1CCCC1. The molecule has 1 heterocycles. The highest BCUT2D eigenvalue weighted by Crippen LogP contribution is 2.33. The van der Waals surface area contributed by atoms with Gasteiger partial charge >= 0.3 is 5.97 Å². The highest BCUT2D eigenvalue weighted by molar-refractivity contribution is 5.81. The molecule has 0 aliphatic heterocycles. The van der Waals surface area contributed by atoms with E-state index in [-0.39, 0.29) is 5.97 Å². The van der Waals surface area contributed by atoms with Crippen molar-refractivity contribution in [2.75, 3.05) is 6.61 Å². The Morgan fingerprint density at radius 2 is 2.17 bits per heavy atom. The van der Waals surface area contributed by atoms with E-state index in [1.807, 2.05) is 20.8 Å². The molecule has 0 atom stereocenters. The second kappa shape index (κ2) is 5.08. The lowest BCUT2D eigenvalue weighted by atomic mass is 9.92. The third-order valence-corrected chi connectivity index (χ3v) is 3.64. The first kappa shape index (κ1) is 13.1. The Kier molecular flexibility index (Phi) is 3.68. The van der Waals surface area contributed by atoms with E-state index in [0.717, 1.165) is 12.8 Å². The van der Waals surface area contributed by atoms with Crippen LogP contribution in [-0.2, 0) is 14.9 Å². The predicted molar refractivity (Wildman–Crippen MR) is 67.2 cm³/mol. The van der Waals surface area contributed by atoms with Crippen LogP contribution >= 0.6 is 0 Å². The van der Waals surface area contributed by atoms with Crippen molar-refractivity contribution in [3.8, 4) is 0 Å². The molecule has 0 aromatic carbocycles. The van der Waals surface area contributed by atoms with Crippen molar-refractivity contribution in [3.05, 3.63) is 12.2 Å². The Labute approximate surface area is 108 Å². The minimum Gasteiger partial charge on any atom is -0.465 e. The van der Waals surface area contributed by atoms with Crippen molar-refractivity contribution in [3.63, 3.8) is 0 Å². The van der Waals surface area contributed by atoms with Gasteiger partial charge in [0.15, 0.2) is 0 Å². The van der Waals surface area contributed by atoms with Gasteiger partial charge in [0.2, 0.25) is 0 Å². The Balaban J connectivity index is 2.27. The van der Waals surface area contributed by atoms with Gasteiger partial charge < -0.3 is 9.30 Å². The molecule has 1 aliphatic rings. The number of esters is 1. The van der Waals surface area contributed by atoms with Gasteiger partial charge in [0.05, 0.1) is 6.61 Å². The molecule has 0 radical (unpaired) electrons. The monoisotopic (exact) mass is 251 g/mol. The van der Waals surface area contributed by atoms with Crippen LogP contribution in [0.4, 0.5) is 0 Å². The van der Waals surface area contributed by atoms with Gasteiger partial charge in [-0.05, 0) is 33.6 Å². The summed E-state index contributed by atoms with van der Waals surface area (Å²) in [5.74, 6) is 0.477. The van der Waals surface area contributed by atoms with Crippen LogP contribution in [0.5, 0.6) is 0 Å². The Morgan fingerprint density at radius 3 is 2.78 bits per heavy atom. The Hall–Kier alpha value is -1.39. The number of hydrogen-bond donors (Lipinski definition) is 0. The molecule has 18 heavy (non-hydrogen) atoms. The fraction of sp³-hybridized carbons (Fsp3) is 0.769. The summed E-state index contributed by atoms with van der Waals surface area (Å²) in [5, 5.41) is 8.13. The molecule has 5 heteroatoms. The highest BCUT2D eigenvalue weighted by atomic mass is 16.5. The number of rotatable bonds is 4. The van der Waals surface area contributed by atoms with Crippen molar-refractivity contribution < 1.29 is 9.53 Å². The number of hydrogen-bond acceptors (Lipinski definition) is 4. The lowest BCUT2D eigenvalue weighted by Crippen LogP contribution is -2.35. The first-order chi connectivity index (χ1) is 8.57. The second-order valence-corrected chi connectivity index (χ2v) is 5.35. The lowest BCUT2D eigenvalue weighted by molar-refractivity contribution is -0.149. The normalized spacial score (nSPS) is 17.1. The van der Waals surface area contributed by atoms with Crippen LogP contribution in [0, 0.1) is 0 Å². The second-order valence-electron chi connectivity index (χ2n) is 5.35. The molecule has 1 aromatic heterocycles. The molecule has 0 unspecified atom stereocenters. The van der Waals surface area contributed by atoms with Crippen molar-refractivity contribution in [2.45, 2.75) is 57.9 Å². The molecule has 1 saturated carbocycles. The summed E-state index contributed by atoms with van der Waals surface area (Å²) in [6, 6.07) is 0.434. The third-order valence-electron chi connectivity index (χ3n) is 3.64. The van der Waals surface area contributed by atoms with E-state index >= 15 is 0 Å². The summed E-state index contributed by atoms with van der Waals surface area (Å²) in [5.41, 5.74) is -0.741. The van der Waals surface area contributed by atoms with E-state index in [9.17, 15) is 4.79 Å². The van der Waals surface area contributed by atoms with E-state index in [1.54, 1.807) is 6.33 Å². The number of aromatic nitrogens is 3. The van der Waals surface area contributed by atoms with Gasteiger partial charge in [-0.3, -0.25) is 4.79 Å². The van der Waals surface area contributed by atoms with Crippen LogP contribution in [0.15, 0.2) is 6.33 Å². The molecule has 1 fully saturated rings. The summed E-state index contributed by atoms with van der Waals surface area (Å²) in [6.45, 7) is 5.90. The Bertz CT molecular complexity index is 420. The maximum absolute atomic E-state index is 12.0. The van der Waals surface area contributed by atoms with Gasteiger partial charge in [-0.2, -0.15) is 0 Å². The maximum Gasteiger partial charge on any atom is 0.319 e. The fourth-order valence-corrected chi connectivity index (χ4v) is 2.54. The minimum absolute atomic E-state index is 0.239. The Morgan fingerprint density at radius 1 is 1.50 bits per heavy atom. The number of ether oxygens (including phenoxy) is 1. The quantitative estimate of drug-likeness (QED) is 0.770. The van der Waals surface area contributed by atoms with Crippen molar-refractivity contribution >= 4 is 5.97 Å². The molecular formula is C13H21N3O2. The van der Waals surface area contributed by atoms with Crippen LogP contribution in [0.2, 0.25) is 0 Å². The fourth-order valence-electron chi connectivity index (χ4n) is 2.54. The first-order valence-corrected chi connectivity index (χ1v) is 6.64. The largest absolute Gasteiger partial charge is 0.465 e. The third kappa shape index (κ3) is 2.26. The molecule has 5 nitrogen and oxygen atoms in total. The molecule has 1 aromatic rings. The molecule has 0 N–H and O–H groups in total. The number of nitrogens with zero attached hydrogens (tertiary/aromatic N) is 3. The molecule has 0 amide bonds. The summed E-state index contributed by atoms with van der Waals surface area (Å²) in [7, 11) is 0. The minimum atomic E-state index is -0.741. The lowest BCUT2D eigenvalue weighted by Gasteiger charge is -2.24. The summed E-state index contributed by atoms with van der Waals surface area (Å²) in [4.78, 5) is 12.0. The van der Waals surface area contributed by atoms with E-state index in [0.29, 0.717) is 18.5 Å². The van der Waals surface area contributed by atoms with Gasteiger partial charge in [-0.1, -0.05) is 12.8 Å². The predicted octanol–water partition coefficient (Wildman–Crippen LogP) is 2.23. The molecule has 100 valence electrons. The smallest absolute Gasteiger partial charge is 0.319 e. The molecule has 1 aliphatic carbocycles. The van der Waals surface area contributed by atoms with E-state index in [4.69, 9.17) is 4.74 Å². The topological polar surface area (TPSA) is 57.0 Å². The number of carbonyl (C=O) groups excluding carboxylic acids is 1. The van der Waals surface area contributed by atoms with Crippen LogP contribution in [-0.4, -0.2) is 27.3 Å². The van der Waals surface area contributed by atoms with Crippen molar-refractivity contribution in [2.24, 2.45) is 0 Å². The molecule has 0 saturated heterocycles. The van der Waals surface area contributed by atoms with Gasteiger partial charge in [0.25, 0.3) is 0 Å². The molecule has 2 rings (SSSR count). The van der Waals surface area contributed by atoms with Crippen LogP contribution in [0.25, 0.3) is 0 Å². The van der Waals surface area contributed by atoms with E-state index < -0.39 is 5.41 Å². The average Bonchev–Trinajstić information content (AvgIpc) is 2.99. The standard InChI is InChI=1S/C13H21N3O2/c1-4-18-12(17)13(2,3)11-15-14-9-16(11)10-7-5-6-8-10/h9-10H,4-8H2,1-3H3. The molecular weight excluding hydrogens is 230 g/mol. The zero-order valence-electron chi connectivity index (χ0n) is 11.3. The average molecular weight is 251 g/mol. The van der Waals surface area contributed by atoms with Crippen LogP contribution < -0.4 is 0 Å². The zero-order valence-corrected chi connectivity index (χ0v) is 11.3. The van der Waals surface area contributed by atoms with E-state index in [2.05, 4.69) is 14.8 Å². The highest BCUT2D eigenvalue weighted by Gasteiger charge is 2.37. The molecule has 0 bridgehead atoms. The summed E-state index contributed by atoms with van der Waals surface area (Å²) >= 11 is 0. The maximum atomic E-state index is 12.0. The first-order valence-electron chi connectivity index (χ1n) is 6.64. The molecule has 0 spiro atoms. The summed E-state index contributed by atoms with van der Waals surface area (Å²) < 4.78 is 7.19. The van der Waals surface area contributed by atoms with Gasteiger partial charge in [0, 0.05) is 6.04 Å². The van der Waals surface area contributed by atoms with Crippen LogP contribution in [0.3, 0.4) is 0 Å². The van der Waals surface area contributed by atoms with Gasteiger partial charge in [-0.15, -0.1) is 10.2 Å². The van der Waals surface area contributed by atoms with Crippen molar-refractivity contribution in [1.29, 1.82) is 0 Å². The van der Waals surface area contributed by atoms with E-state index in [1.165, 1.54) is 12.8 Å². The van der Waals surface area contributed by atoms with Gasteiger partial charge in [0.1, 0.15) is 17.6 Å². The van der Waals surface area contributed by atoms with Gasteiger partial charge in [-0.25, -0.2) is 0 Å². The zero-order chi connectivity index (χ0) is 13.2. The number of carbonyl (C=O) groups is 1. The van der Waals surface area contributed by atoms with Crippen LogP contribution in [0.1, 0.15) is 58.3 Å².